The van der Waals surface area contributed by atoms with Crippen LogP contribution in [0.1, 0.15) is 35.8 Å². The van der Waals surface area contributed by atoms with E-state index >= 15 is 0 Å². The van der Waals surface area contributed by atoms with Crippen molar-refractivity contribution in [3.8, 4) is 0 Å². The van der Waals surface area contributed by atoms with Crippen LogP contribution in [0.5, 0.6) is 0 Å². The number of nitro groups is 1. The number of rotatable bonds is 7. The molecule has 2 rings (SSSR count). The van der Waals surface area contributed by atoms with Crippen molar-refractivity contribution in [2.75, 3.05) is 5.32 Å². The number of benzene rings is 1. The zero-order valence-corrected chi connectivity index (χ0v) is 15.4. The molecule has 0 radical (unpaired) electrons. The van der Waals surface area contributed by atoms with Crippen molar-refractivity contribution < 1.29 is 14.5 Å². The molecule has 0 spiro atoms. The Morgan fingerprint density at radius 1 is 1.40 bits per heavy atom. The lowest BCUT2D eigenvalue weighted by molar-refractivity contribution is -0.390. The minimum absolute atomic E-state index is 0.0718. The largest absolute Gasteiger partial charge is 0.404 e. The molecule has 0 aliphatic rings. The zero-order chi connectivity index (χ0) is 18.6. The van der Waals surface area contributed by atoms with E-state index in [4.69, 9.17) is 0 Å². The Kier molecular flexibility index (Phi) is 6.02. The van der Waals surface area contributed by atoms with Crippen LogP contribution in [0.25, 0.3) is 0 Å². The van der Waals surface area contributed by atoms with Crippen molar-refractivity contribution in [1.29, 1.82) is 0 Å². The Labute approximate surface area is 152 Å². The predicted octanol–water partition coefficient (Wildman–Crippen LogP) is 3.48. The highest BCUT2D eigenvalue weighted by molar-refractivity contribution is 9.10. The molecule has 0 saturated heterocycles. The van der Waals surface area contributed by atoms with Gasteiger partial charge in [-0.3, -0.25) is 9.59 Å². The van der Waals surface area contributed by atoms with Gasteiger partial charge in [0.1, 0.15) is 4.47 Å². The lowest BCUT2D eigenvalue weighted by Crippen LogP contribution is -2.13. The maximum absolute atomic E-state index is 12.0. The minimum atomic E-state index is -0.553. The number of carbonyl (C=O) groups is 2. The average molecular weight is 409 g/mol. The molecule has 0 saturated carbocycles. The van der Waals surface area contributed by atoms with Gasteiger partial charge in [0.2, 0.25) is 5.91 Å². The first-order chi connectivity index (χ1) is 11.8. The smallest absolute Gasteiger partial charge is 0.358 e. The van der Waals surface area contributed by atoms with Crippen molar-refractivity contribution in [1.82, 2.24) is 9.78 Å². The average Bonchev–Trinajstić information content (AvgIpc) is 2.83. The van der Waals surface area contributed by atoms with Crippen LogP contribution < -0.4 is 5.32 Å². The van der Waals surface area contributed by atoms with E-state index in [0.29, 0.717) is 34.4 Å². The molecule has 1 N–H and O–H groups in total. The van der Waals surface area contributed by atoms with Gasteiger partial charge >= 0.3 is 5.82 Å². The molecule has 8 nitrogen and oxygen atoms in total. The van der Waals surface area contributed by atoms with Crippen LogP contribution in [-0.4, -0.2) is 26.4 Å². The summed E-state index contributed by atoms with van der Waals surface area (Å²) in [4.78, 5) is 33.7. The highest BCUT2D eigenvalue weighted by Gasteiger charge is 2.23. The van der Waals surface area contributed by atoms with Crippen LogP contribution in [0.2, 0.25) is 0 Å². The summed E-state index contributed by atoms with van der Waals surface area (Å²) in [5.74, 6) is -0.500. The first-order valence-corrected chi connectivity index (χ1v) is 8.37. The zero-order valence-electron chi connectivity index (χ0n) is 13.8. The normalized spacial score (nSPS) is 10.5. The number of aromatic nitrogens is 2. The van der Waals surface area contributed by atoms with E-state index in [1.165, 1.54) is 11.6 Å². The Hall–Kier alpha value is -2.55. The number of nitrogens with zero attached hydrogens (tertiary/aromatic N) is 3. The summed E-state index contributed by atoms with van der Waals surface area (Å²) in [7, 11) is 0. The molecule has 1 aromatic heterocycles. The molecule has 0 fully saturated rings. The Bertz CT molecular complexity index is 832. The molecule has 132 valence electrons. The maximum Gasteiger partial charge on any atom is 0.404 e. The predicted molar refractivity (Wildman–Crippen MR) is 95.6 cm³/mol. The number of Topliss-reactive ketones (excluding diaryl/α,β-unsaturated/α-hetero) is 1. The third kappa shape index (κ3) is 4.72. The van der Waals surface area contributed by atoms with Crippen LogP contribution in [-0.2, 0) is 11.3 Å². The van der Waals surface area contributed by atoms with E-state index in [0.717, 1.165) is 0 Å². The topological polar surface area (TPSA) is 107 Å². The van der Waals surface area contributed by atoms with Gasteiger partial charge in [-0.05, 0) is 53.3 Å². The second-order valence-electron chi connectivity index (χ2n) is 5.49. The van der Waals surface area contributed by atoms with Crippen molar-refractivity contribution in [3.05, 3.63) is 50.1 Å². The molecular weight excluding hydrogens is 392 g/mol. The highest BCUT2D eigenvalue weighted by Crippen LogP contribution is 2.27. The Balaban J connectivity index is 1.91. The summed E-state index contributed by atoms with van der Waals surface area (Å²) in [5, 5.41) is 17.5. The van der Waals surface area contributed by atoms with E-state index in [1.807, 2.05) is 0 Å². The number of hydrogen-bond donors (Lipinski definition) is 1. The van der Waals surface area contributed by atoms with Crippen LogP contribution in [0.15, 0.2) is 28.7 Å². The first-order valence-electron chi connectivity index (χ1n) is 7.57. The van der Waals surface area contributed by atoms with Crippen molar-refractivity contribution in [2.24, 2.45) is 0 Å². The third-order valence-electron chi connectivity index (χ3n) is 3.62. The summed E-state index contributed by atoms with van der Waals surface area (Å²) in [6, 6.07) is 6.72. The molecule has 0 atom stereocenters. The number of ketones is 1. The van der Waals surface area contributed by atoms with E-state index in [-0.39, 0.29) is 23.9 Å². The lowest BCUT2D eigenvalue weighted by atomic mass is 10.1. The molecule has 0 bridgehead atoms. The lowest BCUT2D eigenvalue weighted by Gasteiger charge is -2.06. The minimum Gasteiger partial charge on any atom is -0.358 e. The monoisotopic (exact) mass is 408 g/mol. The Morgan fingerprint density at radius 2 is 2.12 bits per heavy atom. The molecule has 0 aliphatic carbocycles. The number of halogens is 1. The third-order valence-corrected chi connectivity index (χ3v) is 4.54. The molecule has 1 heterocycles. The summed E-state index contributed by atoms with van der Waals surface area (Å²) in [5.41, 5.74) is 1.73. The number of hydrogen-bond acceptors (Lipinski definition) is 5. The molecule has 9 heteroatoms. The standard InChI is InChI=1S/C16H17BrN4O4/c1-10-15(17)16(21(24)25)19-20(10)8-4-7-14(23)18-13-6-3-5-12(9-13)11(2)22/h3,5-6,9H,4,7-8H2,1-2H3,(H,18,23). The van der Waals surface area contributed by atoms with E-state index in [1.54, 1.807) is 31.2 Å². The summed E-state index contributed by atoms with van der Waals surface area (Å²) < 4.78 is 1.86. The van der Waals surface area contributed by atoms with Gasteiger partial charge in [0, 0.05) is 17.7 Å². The summed E-state index contributed by atoms with van der Waals surface area (Å²) in [6.07, 6.45) is 0.708. The first kappa shape index (κ1) is 18.8. The van der Waals surface area contributed by atoms with Crippen LogP contribution in [0, 0.1) is 17.0 Å². The van der Waals surface area contributed by atoms with Crippen molar-refractivity contribution in [3.63, 3.8) is 0 Å². The molecule has 1 aromatic carbocycles. The SMILES string of the molecule is CC(=O)c1cccc(NC(=O)CCCn2nc([N+](=O)[O-])c(Br)c2C)c1. The molecule has 0 aliphatic heterocycles. The number of carbonyl (C=O) groups excluding carboxylic acids is 2. The highest BCUT2D eigenvalue weighted by atomic mass is 79.9. The van der Waals surface area contributed by atoms with E-state index in [9.17, 15) is 19.7 Å². The summed E-state index contributed by atoms with van der Waals surface area (Å²) in [6.45, 7) is 3.57. The van der Waals surface area contributed by atoms with Gasteiger partial charge in [-0.15, -0.1) is 0 Å². The van der Waals surface area contributed by atoms with Crippen molar-refractivity contribution in [2.45, 2.75) is 33.2 Å². The van der Waals surface area contributed by atoms with Gasteiger partial charge in [0.05, 0.1) is 17.3 Å². The van der Waals surface area contributed by atoms with Crippen LogP contribution in [0.3, 0.4) is 0 Å². The molecule has 0 unspecified atom stereocenters. The fourth-order valence-electron chi connectivity index (χ4n) is 2.27. The molecular formula is C16H17BrN4O4. The van der Waals surface area contributed by atoms with E-state index < -0.39 is 4.92 Å². The van der Waals surface area contributed by atoms with Gasteiger partial charge in [0.25, 0.3) is 0 Å². The fraction of sp³-hybridized carbons (Fsp3) is 0.312. The summed E-state index contributed by atoms with van der Waals surface area (Å²) >= 11 is 3.15. The second kappa shape index (κ2) is 8.02. The van der Waals surface area contributed by atoms with E-state index in [2.05, 4.69) is 26.3 Å². The molecule has 2 aromatic rings. The van der Waals surface area contributed by atoms with Crippen LogP contribution >= 0.6 is 15.9 Å². The number of aryl methyl sites for hydroxylation is 1. The number of nitrogens with one attached hydrogen (secondary N) is 1. The number of amides is 1. The van der Waals surface area contributed by atoms with Gasteiger partial charge < -0.3 is 15.4 Å². The quantitative estimate of drug-likeness (QED) is 0.428. The van der Waals surface area contributed by atoms with Gasteiger partial charge in [-0.2, -0.15) is 4.68 Å². The molecule has 1 amide bonds. The van der Waals surface area contributed by atoms with Crippen molar-refractivity contribution >= 4 is 39.1 Å². The maximum atomic E-state index is 12.0. The number of anilines is 1. The fourth-order valence-corrected chi connectivity index (χ4v) is 2.70. The van der Waals surface area contributed by atoms with Crippen LogP contribution in [0.4, 0.5) is 11.5 Å². The van der Waals surface area contributed by atoms with Gasteiger partial charge in [-0.25, -0.2) is 0 Å². The second-order valence-corrected chi connectivity index (χ2v) is 6.28. The van der Waals surface area contributed by atoms with Gasteiger partial charge in [0.15, 0.2) is 5.78 Å². The molecule has 25 heavy (non-hydrogen) atoms. The Morgan fingerprint density at radius 3 is 2.72 bits per heavy atom. The van der Waals surface area contributed by atoms with Gasteiger partial charge in [-0.1, -0.05) is 12.1 Å².